The Kier molecular flexibility index (Phi) is 11.2. The van der Waals surface area contributed by atoms with Gasteiger partial charge in [-0.05, 0) is 194 Å². The average Bonchev–Trinajstić information content (AvgIpc) is 4.09. The molecule has 0 spiro atoms. The fourth-order valence-corrected chi connectivity index (χ4v) is 13.2. The van der Waals surface area contributed by atoms with Crippen molar-refractivity contribution in [2.24, 2.45) is 0 Å². The summed E-state index contributed by atoms with van der Waals surface area (Å²) in [6, 6.07) is 75.4. The first-order valence-corrected chi connectivity index (χ1v) is 28.6. The van der Waals surface area contributed by atoms with Crippen molar-refractivity contribution in [2.75, 3.05) is 9.80 Å². The molecule has 12 aromatic rings. The molecular formula is C73H67BN4. The molecule has 5 heteroatoms. The summed E-state index contributed by atoms with van der Waals surface area (Å²) in [5.74, 6) is 2.12. The quantitative estimate of drug-likeness (QED) is 0.134. The lowest BCUT2D eigenvalue weighted by Gasteiger charge is -2.44. The van der Waals surface area contributed by atoms with E-state index in [0.717, 1.165) is 22.7 Å². The number of hydrogen-bond donors (Lipinski definition) is 0. The molecule has 78 heavy (non-hydrogen) atoms. The fourth-order valence-electron chi connectivity index (χ4n) is 13.2. The molecule has 4 heterocycles. The van der Waals surface area contributed by atoms with Gasteiger partial charge in [0, 0.05) is 67.0 Å². The Bertz CT molecular complexity index is 4260. The maximum Gasteiger partial charge on any atom is 0.252 e. The molecule has 10 aromatic carbocycles. The summed E-state index contributed by atoms with van der Waals surface area (Å²) in [4.78, 5) is 5.13. The summed E-state index contributed by atoms with van der Waals surface area (Å²) < 4.78 is 5.04. The van der Waals surface area contributed by atoms with Crippen molar-refractivity contribution >= 4 is 112 Å². The van der Waals surface area contributed by atoms with Crippen molar-refractivity contribution in [3.63, 3.8) is 0 Å². The highest BCUT2D eigenvalue weighted by molar-refractivity contribution is 7.00. The highest BCUT2D eigenvalue weighted by atomic mass is 15.2. The van der Waals surface area contributed by atoms with Crippen LogP contribution in [0.2, 0.25) is 0 Å². The standard InChI is InChI=1S/C73H67BN4/c1-43(2)48-18-25-55(26-19-48)75-69-16-13-17-70-73(69)74(63-30-28-57(41-71(63)75)76-65-32-21-50(44(3)4)37-59(65)60-38-51(45(5)6)22-33-66(60)76)64-31-29-58(42-72(64)78(70)56-27-20-49-14-11-12-15-54(49)36-56)77-67-34-23-52(46(7)8)39-61(67)62-40-53(47(9)10)24-35-68(62)77/h11-47H,1-10H3. The van der Waals surface area contributed by atoms with Gasteiger partial charge in [-0.2, -0.15) is 0 Å². The van der Waals surface area contributed by atoms with Crippen molar-refractivity contribution in [2.45, 2.75) is 98.8 Å². The summed E-state index contributed by atoms with van der Waals surface area (Å²) in [5.41, 5.74) is 25.0. The Labute approximate surface area is 460 Å². The van der Waals surface area contributed by atoms with Crippen LogP contribution in [0.1, 0.15) is 127 Å². The van der Waals surface area contributed by atoms with E-state index in [1.54, 1.807) is 0 Å². The van der Waals surface area contributed by atoms with Crippen LogP contribution >= 0.6 is 0 Å². The molecule has 0 saturated carbocycles. The third-order valence-corrected chi connectivity index (χ3v) is 17.6. The van der Waals surface area contributed by atoms with Crippen molar-refractivity contribution in [3.05, 3.63) is 222 Å². The first-order chi connectivity index (χ1) is 37.8. The number of fused-ring (bicyclic) bond motifs is 11. The number of anilines is 6. The summed E-state index contributed by atoms with van der Waals surface area (Å²) in [6.45, 7) is 22.9. The van der Waals surface area contributed by atoms with Crippen LogP contribution in [0.25, 0.3) is 65.8 Å². The second-order valence-corrected chi connectivity index (χ2v) is 24.0. The monoisotopic (exact) mass is 1010 g/mol. The molecule has 0 saturated heterocycles. The van der Waals surface area contributed by atoms with Crippen LogP contribution in [0.5, 0.6) is 0 Å². The predicted octanol–water partition coefficient (Wildman–Crippen LogP) is 18.7. The van der Waals surface area contributed by atoms with E-state index in [1.807, 2.05) is 0 Å². The Morgan fingerprint density at radius 3 is 1.08 bits per heavy atom. The van der Waals surface area contributed by atoms with Crippen LogP contribution in [-0.4, -0.2) is 15.8 Å². The van der Waals surface area contributed by atoms with Crippen molar-refractivity contribution in [3.8, 4) is 11.4 Å². The normalized spacial score (nSPS) is 13.2. The molecule has 2 aliphatic rings. The molecule has 4 nitrogen and oxygen atoms in total. The molecule has 2 aliphatic heterocycles. The van der Waals surface area contributed by atoms with Gasteiger partial charge in [0.05, 0.1) is 22.1 Å². The minimum absolute atomic E-state index is 0.0482. The van der Waals surface area contributed by atoms with E-state index in [2.05, 4.69) is 282 Å². The van der Waals surface area contributed by atoms with Gasteiger partial charge in [-0.15, -0.1) is 0 Å². The predicted molar refractivity (Wildman–Crippen MR) is 337 cm³/mol. The van der Waals surface area contributed by atoms with E-state index in [1.165, 1.54) is 121 Å². The van der Waals surface area contributed by atoms with Crippen LogP contribution < -0.4 is 26.2 Å². The Morgan fingerprint density at radius 1 is 0.282 bits per heavy atom. The van der Waals surface area contributed by atoms with Gasteiger partial charge in [0.15, 0.2) is 0 Å². The summed E-state index contributed by atoms with van der Waals surface area (Å²) in [7, 11) is 0. The Balaban J connectivity index is 1.04. The van der Waals surface area contributed by atoms with Crippen molar-refractivity contribution in [1.29, 1.82) is 0 Å². The summed E-state index contributed by atoms with van der Waals surface area (Å²) in [6.07, 6.45) is 0. The third-order valence-electron chi connectivity index (χ3n) is 17.6. The van der Waals surface area contributed by atoms with Crippen molar-refractivity contribution in [1.82, 2.24) is 9.13 Å². The smallest absolute Gasteiger partial charge is 0.252 e. The fraction of sp³-hybridized carbons (Fsp3) is 0.205. The van der Waals surface area contributed by atoms with E-state index in [4.69, 9.17) is 0 Å². The third kappa shape index (κ3) is 7.41. The minimum Gasteiger partial charge on any atom is -0.311 e. The van der Waals surface area contributed by atoms with Crippen LogP contribution in [0.4, 0.5) is 34.1 Å². The van der Waals surface area contributed by atoms with Gasteiger partial charge < -0.3 is 18.9 Å². The SMILES string of the molecule is CC(C)c1ccc(N2c3cc(-n4c5ccc(C(C)C)cc5c5cc(C(C)C)ccc54)ccc3B3c4ccc(-n5c6ccc(C(C)C)cc6c6cc(C(C)C)ccc65)cc4N(c4ccc5ccccc5c4)c4cccc2c43)cc1. The van der Waals surface area contributed by atoms with Gasteiger partial charge in [0.25, 0.3) is 6.71 Å². The largest absolute Gasteiger partial charge is 0.311 e. The first kappa shape index (κ1) is 48.1. The van der Waals surface area contributed by atoms with Gasteiger partial charge in [-0.1, -0.05) is 154 Å². The molecule has 0 amide bonds. The maximum absolute atomic E-state index is 2.57. The van der Waals surface area contributed by atoms with Gasteiger partial charge in [0.1, 0.15) is 0 Å². The number of rotatable bonds is 9. The van der Waals surface area contributed by atoms with Crippen LogP contribution in [0.3, 0.4) is 0 Å². The highest BCUT2D eigenvalue weighted by Gasteiger charge is 2.43. The lowest BCUT2D eigenvalue weighted by Crippen LogP contribution is -2.61. The van der Waals surface area contributed by atoms with Crippen LogP contribution in [0.15, 0.2) is 194 Å². The number of benzene rings is 10. The lowest BCUT2D eigenvalue weighted by atomic mass is 9.33. The Morgan fingerprint density at radius 2 is 0.654 bits per heavy atom. The highest BCUT2D eigenvalue weighted by Crippen LogP contribution is 2.47. The first-order valence-electron chi connectivity index (χ1n) is 28.6. The van der Waals surface area contributed by atoms with E-state index < -0.39 is 0 Å². The number of nitrogens with zero attached hydrogens (tertiary/aromatic N) is 4. The van der Waals surface area contributed by atoms with E-state index in [9.17, 15) is 0 Å². The molecule has 14 rings (SSSR count). The topological polar surface area (TPSA) is 16.3 Å². The maximum atomic E-state index is 2.57. The summed E-state index contributed by atoms with van der Waals surface area (Å²) in [5, 5.41) is 7.68. The molecule has 0 N–H and O–H groups in total. The van der Waals surface area contributed by atoms with E-state index in [0.29, 0.717) is 29.6 Å². The van der Waals surface area contributed by atoms with Crippen LogP contribution in [-0.2, 0) is 0 Å². The van der Waals surface area contributed by atoms with Gasteiger partial charge >= 0.3 is 0 Å². The second kappa shape index (κ2) is 18.2. The van der Waals surface area contributed by atoms with Gasteiger partial charge in [-0.25, -0.2) is 0 Å². The molecule has 0 fully saturated rings. The summed E-state index contributed by atoms with van der Waals surface area (Å²) >= 11 is 0. The molecule has 382 valence electrons. The van der Waals surface area contributed by atoms with Crippen LogP contribution in [0, 0.1) is 0 Å². The zero-order valence-corrected chi connectivity index (χ0v) is 46.7. The van der Waals surface area contributed by atoms with Gasteiger partial charge in [0.2, 0.25) is 0 Å². The van der Waals surface area contributed by atoms with Crippen molar-refractivity contribution < 1.29 is 0 Å². The molecule has 0 unspecified atom stereocenters. The molecule has 0 aliphatic carbocycles. The molecule has 2 aromatic heterocycles. The van der Waals surface area contributed by atoms with Gasteiger partial charge in [-0.3, -0.25) is 0 Å². The second-order valence-electron chi connectivity index (χ2n) is 24.0. The number of aromatic nitrogens is 2. The zero-order chi connectivity index (χ0) is 53.4. The minimum atomic E-state index is -0.0482. The molecule has 0 radical (unpaired) electrons. The average molecular weight is 1010 g/mol. The van der Waals surface area contributed by atoms with E-state index >= 15 is 0 Å². The number of hydrogen-bond acceptors (Lipinski definition) is 2. The van der Waals surface area contributed by atoms with E-state index in [-0.39, 0.29) is 6.71 Å². The molecular weight excluding hydrogens is 944 g/mol. The lowest BCUT2D eigenvalue weighted by molar-refractivity contribution is 0.866. The Hall–Kier alpha value is -8.28. The molecule has 0 atom stereocenters. The molecule has 0 bridgehead atoms. The zero-order valence-electron chi connectivity index (χ0n) is 46.7.